The standard InChI is InChI=1S/C19H13FO3/c20-13-5-1-11(2-6-13)16-10-18(22)23-17-8-4-12-3-7-14(21)9-15(12)19(16)17/h1-9,16,21H,10H2. The van der Waals surface area contributed by atoms with Gasteiger partial charge in [0.2, 0.25) is 0 Å². The highest BCUT2D eigenvalue weighted by atomic mass is 19.1. The van der Waals surface area contributed by atoms with E-state index in [-0.39, 0.29) is 29.9 Å². The second kappa shape index (κ2) is 5.09. The molecule has 3 aromatic rings. The number of phenols is 1. The van der Waals surface area contributed by atoms with Crippen LogP contribution < -0.4 is 4.74 Å². The Morgan fingerprint density at radius 3 is 2.57 bits per heavy atom. The Labute approximate surface area is 131 Å². The summed E-state index contributed by atoms with van der Waals surface area (Å²) in [6, 6.07) is 14.9. The van der Waals surface area contributed by atoms with Crippen molar-refractivity contribution in [1.29, 1.82) is 0 Å². The summed E-state index contributed by atoms with van der Waals surface area (Å²) in [5.41, 5.74) is 1.70. The number of halogens is 1. The summed E-state index contributed by atoms with van der Waals surface area (Å²) in [7, 11) is 0. The Balaban J connectivity index is 1.98. The van der Waals surface area contributed by atoms with E-state index in [1.807, 2.05) is 12.1 Å². The van der Waals surface area contributed by atoms with E-state index < -0.39 is 0 Å². The molecule has 4 heteroatoms. The molecule has 114 valence electrons. The molecule has 0 saturated heterocycles. The van der Waals surface area contributed by atoms with Crippen molar-refractivity contribution >= 4 is 16.7 Å². The summed E-state index contributed by atoms with van der Waals surface area (Å²) < 4.78 is 18.6. The molecule has 0 fully saturated rings. The molecule has 0 radical (unpaired) electrons. The van der Waals surface area contributed by atoms with Crippen molar-refractivity contribution in [1.82, 2.24) is 0 Å². The van der Waals surface area contributed by atoms with E-state index in [9.17, 15) is 14.3 Å². The van der Waals surface area contributed by atoms with Crippen molar-refractivity contribution in [2.75, 3.05) is 0 Å². The normalized spacial score (nSPS) is 16.9. The highest BCUT2D eigenvalue weighted by Gasteiger charge is 2.30. The molecular formula is C19H13FO3. The number of ether oxygens (including phenoxy) is 1. The zero-order valence-electron chi connectivity index (χ0n) is 12.1. The minimum absolute atomic E-state index is 0.153. The molecule has 0 spiro atoms. The first-order chi connectivity index (χ1) is 11.1. The van der Waals surface area contributed by atoms with Crippen molar-refractivity contribution in [2.45, 2.75) is 12.3 Å². The van der Waals surface area contributed by atoms with Crippen LogP contribution in [0.2, 0.25) is 0 Å². The summed E-state index contributed by atoms with van der Waals surface area (Å²) in [5, 5.41) is 11.6. The highest BCUT2D eigenvalue weighted by molar-refractivity contribution is 5.93. The van der Waals surface area contributed by atoms with Gasteiger partial charge in [-0.25, -0.2) is 4.39 Å². The molecule has 23 heavy (non-hydrogen) atoms. The van der Waals surface area contributed by atoms with Gasteiger partial charge >= 0.3 is 5.97 Å². The van der Waals surface area contributed by atoms with Gasteiger partial charge in [-0.3, -0.25) is 4.79 Å². The maximum absolute atomic E-state index is 13.2. The Hall–Kier alpha value is -2.88. The number of benzene rings is 3. The summed E-state index contributed by atoms with van der Waals surface area (Å²) >= 11 is 0. The van der Waals surface area contributed by atoms with Crippen molar-refractivity contribution < 1.29 is 19.0 Å². The summed E-state index contributed by atoms with van der Waals surface area (Å²) in [5.74, 6) is -0.207. The summed E-state index contributed by atoms with van der Waals surface area (Å²) in [6.07, 6.45) is 0.188. The van der Waals surface area contributed by atoms with E-state index in [0.29, 0.717) is 5.75 Å². The van der Waals surface area contributed by atoms with Crippen LogP contribution in [0.5, 0.6) is 11.5 Å². The molecule has 1 aliphatic rings. The molecular weight excluding hydrogens is 295 g/mol. The quantitative estimate of drug-likeness (QED) is 0.543. The van der Waals surface area contributed by atoms with Gasteiger partial charge in [0, 0.05) is 11.5 Å². The fourth-order valence-electron chi connectivity index (χ4n) is 3.17. The number of esters is 1. The third kappa shape index (κ3) is 2.32. The number of rotatable bonds is 1. The predicted octanol–water partition coefficient (Wildman–Crippen LogP) is 4.13. The van der Waals surface area contributed by atoms with Crippen LogP contribution in [0.1, 0.15) is 23.5 Å². The van der Waals surface area contributed by atoms with Gasteiger partial charge in [0.05, 0.1) is 6.42 Å². The first-order valence-corrected chi connectivity index (χ1v) is 7.33. The average Bonchev–Trinajstić information content (AvgIpc) is 2.54. The van der Waals surface area contributed by atoms with Crippen LogP contribution in [0, 0.1) is 5.82 Å². The second-order valence-corrected chi connectivity index (χ2v) is 5.67. The predicted molar refractivity (Wildman–Crippen MR) is 84.1 cm³/mol. The minimum Gasteiger partial charge on any atom is -0.508 e. The van der Waals surface area contributed by atoms with E-state index in [1.54, 1.807) is 30.3 Å². The largest absolute Gasteiger partial charge is 0.508 e. The van der Waals surface area contributed by atoms with E-state index in [0.717, 1.165) is 21.9 Å². The molecule has 1 aliphatic heterocycles. The van der Waals surface area contributed by atoms with Crippen LogP contribution in [-0.4, -0.2) is 11.1 Å². The number of fused-ring (bicyclic) bond motifs is 3. The average molecular weight is 308 g/mol. The summed E-state index contributed by atoms with van der Waals surface area (Å²) in [4.78, 5) is 11.9. The fraction of sp³-hybridized carbons (Fsp3) is 0.105. The smallest absolute Gasteiger partial charge is 0.312 e. The van der Waals surface area contributed by atoms with E-state index >= 15 is 0 Å². The lowest BCUT2D eigenvalue weighted by molar-refractivity contribution is -0.135. The first kappa shape index (κ1) is 13.8. The number of carbonyl (C=O) groups is 1. The number of phenolic OH excluding ortho intramolecular Hbond substituents is 1. The molecule has 3 aromatic carbocycles. The Morgan fingerprint density at radius 2 is 1.78 bits per heavy atom. The maximum Gasteiger partial charge on any atom is 0.312 e. The molecule has 1 atom stereocenters. The van der Waals surface area contributed by atoms with Gasteiger partial charge in [0.1, 0.15) is 17.3 Å². The molecule has 0 aromatic heterocycles. The number of hydrogen-bond acceptors (Lipinski definition) is 3. The van der Waals surface area contributed by atoms with Crippen LogP contribution >= 0.6 is 0 Å². The Bertz CT molecular complexity index is 916. The molecule has 1 N–H and O–H groups in total. The SMILES string of the molecule is O=C1CC(c2ccc(F)cc2)c2c(ccc3ccc(O)cc23)O1. The molecule has 0 saturated carbocycles. The third-order valence-electron chi connectivity index (χ3n) is 4.22. The minimum atomic E-state index is -0.317. The van der Waals surface area contributed by atoms with Gasteiger partial charge in [0.25, 0.3) is 0 Å². The number of hydrogen-bond donors (Lipinski definition) is 1. The van der Waals surface area contributed by atoms with Crippen molar-refractivity contribution in [3.63, 3.8) is 0 Å². The van der Waals surface area contributed by atoms with Gasteiger partial charge in [-0.1, -0.05) is 24.3 Å². The second-order valence-electron chi connectivity index (χ2n) is 5.67. The van der Waals surface area contributed by atoms with E-state index in [2.05, 4.69) is 0 Å². The highest BCUT2D eigenvalue weighted by Crippen LogP contribution is 2.43. The molecule has 0 aliphatic carbocycles. The zero-order valence-corrected chi connectivity index (χ0v) is 12.1. The lowest BCUT2D eigenvalue weighted by Crippen LogP contribution is -2.21. The molecule has 3 nitrogen and oxygen atoms in total. The zero-order chi connectivity index (χ0) is 16.0. The van der Waals surface area contributed by atoms with Crippen molar-refractivity contribution in [3.8, 4) is 11.5 Å². The Kier molecular flexibility index (Phi) is 3.05. The third-order valence-corrected chi connectivity index (χ3v) is 4.22. The Morgan fingerprint density at radius 1 is 1.04 bits per heavy atom. The molecule has 0 bridgehead atoms. The van der Waals surface area contributed by atoms with Gasteiger partial charge < -0.3 is 9.84 Å². The lowest BCUT2D eigenvalue weighted by atomic mass is 9.83. The van der Waals surface area contributed by atoms with Gasteiger partial charge in [0.15, 0.2) is 0 Å². The van der Waals surface area contributed by atoms with Crippen LogP contribution in [0.15, 0.2) is 54.6 Å². The van der Waals surface area contributed by atoms with E-state index in [1.165, 1.54) is 12.1 Å². The van der Waals surface area contributed by atoms with Gasteiger partial charge in [-0.05, 0) is 46.7 Å². The monoisotopic (exact) mass is 308 g/mol. The van der Waals surface area contributed by atoms with Gasteiger partial charge in [-0.2, -0.15) is 0 Å². The van der Waals surface area contributed by atoms with Crippen molar-refractivity contribution in [2.24, 2.45) is 0 Å². The van der Waals surface area contributed by atoms with Crippen LogP contribution in [0.3, 0.4) is 0 Å². The maximum atomic E-state index is 13.2. The molecule has 1 heterocycles. The van der Waals surface area contributed by atoms with Crippen LogP contribution in [-0.2, 0) is 4.79 Å². The molecule has 4 rings (SSSR count). The van der Waals surface area contributed by atoms with Crippen LogP contribution in [0.25, 0.3) is 10.8 Å². The van der Waals surface area contributed by atoms with Crippen LogP contribution in [0.4, 0.5) is 4.39 Å². The first-order valence-electron chi connectivity index (χ1n) is 7.33. The fourth-order valence-corrected chi connectivity index (χ4v) is 3.17. The topological polar surface area (TPSA) is 46.5 Å². The van der Waals surface area contributed by atoms with Gasteiger partial charge in [-0.15, -0.1) is 0 Å². The van der Waals surface area contributed by atoms with Crippen molar-refractivity contribution in [3.05, 3.63) is 71.5 Å². The van der Waals surface area contributed by atoms with E-state index in [4.69, 9.17) is 4.74 Å². The number of carbonyl (C=O) groups excluding carboxylic acids is 1. The molecule has 1 unspecified atom stereocenters. The summed E-state index contributed by atoms with van der Waals surface area (Å²) in [6.45, 7) is 0. The molecule has 0 amide bonds. The number of aromatic hydroxyl groups is 1. The lowest BCUT2D eigenvalue weighted by Gasteiger charge is -2.26.